The van der Waals surface area contributed by atoms with E-state index in [9.17, 15) is 9.90 Å². The first kappa shape index (κ1) is 12.5. The molecule has 1 aromatic rings. The maximum Gasteiger partial charge on any atom is 0.314 e. The molecule has 2 saturated carbocycles. The van der Waals surface area contributed by atoms with Gasteiger partial charge in [-0.3, -0.25) is 4.79 Å². The first-order chi connectivity index (χ1) is 9.17. The van der Waals surface area contributed by atoms with Crippen LogP contribution in [-0.4, -0.2) is 18.2 Å². The monoisotopic (exact) mass is 260 g/mol. The molecule has 3 heteroatoms. The van der Waals surface area contributed by atoms with Gasteiger partial charge in [-0.1, -0.05) is 25.0 Å². The van der Waals surface area contributed by atoms with Crippen LogP contribution >= 0.6 is 0 Å². The van der Waals surface area contributed by atoms with Crippen molar-refractivity contribution in [1.29, 1.82) is 0 Å². The topological polar surface area (TPSA) is 46.5 Å². The van der Waals surface area contributed by atoms with E-state index in [2.05, 4.69) is 12.1 Å². The molecular weight excluding hydrogens is 240 g/mol. The van der Waals surface area contributed by atoms with Crippen molar-refractivity contribution in [1.82, 2.24) is 0 Å². The summed E-state index contributed by atoms with van der Waals surface area (Å²) in [4.78, 5) is 11.5. The van der Waals surface area contributed by atoms with Crippen molar-refractivity contribution in [2.45, 2.75) is 49.9 Å². The van der Waals surface area contributed by atoms with Gasteiger partial charge >= 0.3 is 5.97 Å². The molecule has 0 radical (unpaired) electrons. The summed E-state index contributed by atoms with van der Waals surface area (Å²) in [6.07, 6.45) is 6.49. The lowest BCUT2D eigenvalue weighted by Crippen LogP contribution is -2.20. The van der Waals surface area contributed by atoms with Gasteiger partial charge in [-0.15, -0.1) is 0 Å². The van der Waals surface area contributed by atoms with Gasteiger partial charge in [0, 0.05) is 5.56 Å². The molecule has 3 nitrogen and oxygen atoms in total. The number of carbonyl (C=O) groups is 1. The molecule has 0 aliphatic heterocycles. The second-order valence-corrected chi connectivity index (χ2v) is 5.83. The molecule has 0 bridgehead atoms. The second-order valence-electron chi connectivity index (χ2n) is 5.83. The third-order valence-corrected chi connectivity index (χ3v) is 4.73. The molecule has 2 fully saturated rings. The third-order valence-electron chi connectivity index (χ3n) is 4.73. The molecule has 2 aliphatic carbocycles. The average Bonchev–Trinajstić information content (AvgIpc) is 3.06. The van der Waals surface area contributed by atoms with E-state index in [4.69, 9.17) is 4.74 Å². The van der Waals surface area contributed by atoms with Gasteiger partial charge in [0.25, 0.3) is 0 Å². The lowest BCUT2D eigenvalue weighted by atomic mass is 9.89. The fourth-order valence-corrected chi connectivity index (χ4v) is 3.34. The summed E-state index contributed by atoms with van der Waals surface area (Å²) in [5, 5.41) is 9.48. The summed E-state index contributed by atoms with van der Waals surface area (Å²) in [5.41, 5.74) is 1.49. The van der Waals surface area contributed by atoms with E-state index in [1.807, 2.05) is 6.07 Å². The van der Waals surface area contributed by atoms with Crippen LogP contribution in [0.15, 0.2) is 18.2 Å². The van der Waals surface area contributed by atoms with Crippen LogP contribution in [0.2, 0.25) is 0 Å². The van der Waals surface area contributed by atoms with Gasteiger partial charge in [-0.05, 0) is 43.2 Å². The molecule has 102 valence electrons. The third kappa shape index (κ3) is 2.01. The standard InChI is InChI=1S/C16H20O3/c1-19-14-7-6-12(11-4-2-3-5-11)10-13(14)16(8-9-16)15(17)18/h6-7,10-11H,2-5,8-9H2,1H3,(H,17,18). The number of hydrogen-bond acceptors (Lipinski definition) is 2. The van der Waals surface area contributed by atoms with E-state index in [0.717, 1.165) is 24.2 Å². The molecule has 19 heavy (non-hydrogen) atoms. The molecule has 0 saturated heterocycles. The number of ether oxygens (including phenoxy) is 1. The highest BCUT2D eigenvalue weighted by Crippen LogP contribution is 2.52. The Labute approximate surface area is 113 Å². The van der Waals surface area contributed by atoms with Crippen LogP contribution < -0.4 is 4.74 Å². The van der Waals surface area contributed by atoms with Crippen LogP contribution in [0.4, 0.5) is 0 Å². The summed E-state index contributed by atoms with van der Waals surface area (Å²) in [7, 11) is 1.62. The minimum Gasteiger partial charge on any atom is -0.496 e. The lowest BCUT2D eigenvalue weighted by Gasteiger charge is -2.18. The van der Waals surface area contributed by atoms with Gasteiger partial charge in [0.1, 0.15) is 5.75 Å². The second kappa shape index (κ2) is 4.55. The van der Waals surface area contributed by atoms with E-state index < -0.39 is 11.4 Å². The number of carboxylic acid groups (broad SMARTS) is 1. The van der Waals surface area contributed by atoms with Gasteiger partial charge in [-0.2, -0.15) is 0 Å². The Morgan fingerprint density at radius 3 is 2.53 bits per heavy atom. The van der Waals surface area contributed by atoms with Crippen LogP contribution in [0.1, 0.15) is 55.6 Å². The predicted molar refractivity (Wildman–Crippen MR) is 72.8 cm³/mol. The maximum absolute atomic E-state index is 11.5. The van der Waals surface area contributed by atoms with Crippen molar-refractivity contribution >= 4 is 5.97 Å². The fourth-order valence-electron chi connectivity index (χ4n) is 3.34. The Bertz CT molecular complexity index is 497. The summed E-state index contributed by atoms with van der Waals surface area (Å²) in [5.74, 6) is 0.616. The molecular formula is C16H20O3. The van der Waals surface area contributed by atoms with Crippen molar-refractivity contribution in [2.24, 2.45) is 0 Å². The highest BCUT2D eigenvalue weighted by molar-refractivity contribution is 5.86. The van der Waals surface area contributed by atoms with E-state index in [1.54, 1.807) is 7.11 Å². The van der Waals surface area contributed by atoms with E-state index in [1.165, 1.54) is 31.2 Å². The highest BCUT2D eigenvalue weighted by Gasteiger charge is 2.53. The molecule has 1 aromatic carbocycles. The summed E-state index contributed by atoms with van der Waals surface area (Å²) < 4.78 is 5.38. The van der Waals surface area contributed by atoms with Crippen LogP contribution in [0, 0.1) is 0 Å². The summed E-state index contributed by atoms with van der Waals surface area (Å²) in [6.45, 7) is 0. The predicted octanol–water partition coefficient (Wildman–Crippen LogP) is 3.47. The Kier molecular flexibility index (Phi) is 3.00. The maximum atomic E-state index is 11.5. The average molecular weight is 260 g/mol. The molecule has 0 unspecified atom stereocenters. The zero-order chi connectivity index (χ0) is 13.5. The quantitative estimate of drug-likeness (QED) is 0.901. The molecule has 1 N–H and O–H groups in total. The largest absolute Gasteiger partial charge is 0.496 e. The Morgan fingerprint density at radius 2 is 2.00 bits per heavy atom. The zero-order valence-corrected chi connectivity index (χ0v) is 11.3. The molecule has 3 rings (SSSR count). The van der Waals surface area contributed by atoms with Crippen LogP contribution in [-0.2, 0) is 10.2 Å². The molecule has 0 heterocycles. The van der Waals surface area contributed by atoms with Crippen LogP contribution in [0.25, 0.3) is 0 Å². The molecule has 2 aliphatic rings. The number of carboxylic acids is 1. The summed E-state index contributed by atoms with van der Waals surface area (Å²) >= 11 is 0. The van der Waals surface area contributed by atoms with E-state index in [0.29, 0.717) is 5.92 Å². The first-order valence-corrected chi connectivity index (χ1v) is 7.09. The number of benzene rings is 1. The molecule has 0 aromatic heterocycles. The Balaban J connectivity index is 2.01. The van der Waals surface area contributed by atoms with E-state index >= 15 is 0 Å². The lowest BCUT2D eigenvalue weighted by molar-refractivity contribution is -0.140. The molecule has 0 atom stereocenters. The van der Waals surface area contributed by atoms with Gasteiger partial charge < -0.3 is 9.84 Å². The highest BCUT2D eigenvalue weighted by atomic mass is 16.5. The van der Waals surface area contributed by atoms with Gasteiger partial charge in [0.15, 0.2) is 0 Å². The van der Waals surface area contributed by atoms with Crippen molar-refractivity contribution in [3.8, 4) is 5.75 Å². The zero-order valence-electron chi connectivity index (χ0n) is 11.3. The number of methoxy groups -OCH3 is 1. The smallest absolute Gasteiger partial charge is 0.314 e. The number of rotatable bonds is 4. The van der Waals surface area contributed by atoms with Crippen LogP contribution in [0.5, 0.6) is 5.75 Å². The Hall–Kier alpha value is -1.51. The minimum absolute atomic E-state index is 0.606. The van der Waals surface area contributed by atoms with E-state index in [-0.39, 0.29) is 0 Å². The normalized spacial score (nSPS) is 21.3. The fraction of sp³-hybridized carbons (Fsp3) is 0.562. The number of hydrogen-bond donors (Lipinski definition) is 1. The van der Waals surface area contributed by atoms with Crippen molar-refractivity contribution < 1.29 is 14.6 Å². The SMILES string of the molecule is COc1ccc(C2CCCC2)cc1C1(C(=O)O)CC1. The number of aliphatic carboxylic acids is 1. The van der Waals surface area contributed by atoms with Gasteiger partial charge in [0.2, 0.25) is 0 Å². The minimum atomic E-state index is -0.714. The Morgan fingerprint density at radius 1 is 1.32 bits per heavy atom. The van der Waals surface area contributed by atoms with Gasteiger partial charge in [-0.25, -0.2) is 0 Å². The van der Waals surface area contributed by atoms with Crippen molar-refractivity contribution in [2.75, 3.05) is 7.11 Å². The molecule has 0 amide bonds. The summed E-state index contributed by atoms with van der Waals surface area (Å²) in [6, 6.07) is 6.15. The van der Waals surface area contributed by atoms with Crippen molar-refractivity contribution in [3.63, 3.8) is 0 Å². The van der Waals surface area contributed by atoms with Crippen molar-refractivity contribution in [3.05, 3.63) is 29.3 Å². The van der Waals surface area contributed by atoms with Crippen LogP contribution in [0.3, 0.4) is 0 Å². The van der Waals surface area contributed by atoms with Gasteiger partial charge in [0.05, 0.1) is 12.5 Å². The molecule has 0 spiro atoms. The first-order valence-electron chi connectivity index (χ1n) is 7.09.